The highest BCUT2D eigenvalue weighted by molar-refractivity contribution is 7.91. The number of fused-ring (bicyclic) bond motifs is 3. The van der Waals surface area contributed by atoms with Crippen LogP contribution in [0.1, 0.15) is 64.7 Å². The van der Waals surface area contributed by atoms with Gasteiger partial charge in [-0.05, 0) is 69.7 Å². The van der Waals surface area contributed by atoms with Crippen molar-refractivity contribution in [1.82, 2.24) is 19.9 Å². The van der Waals surface area contributed by atoms with E-state index in [-0.39, 0.29) is 25.1 Å². The van der Waals surface area contributed by atoms with E-state index in [2.05, 4.69) is 20.3 Å². The van der Waals surface area contributed by atoms with Crippen molar-refractivity contribution in [3.8, 4) is 5.19 Å². The van der Waals surface area contributed by atoms with Gasteiger partial charge in [-0.15, -0.1) is 0 Å². The number of benzene rings is 2. The number of hydrogen-bond acceptors (Lipinski definition) is 9. The highest BCUT2D eigenvalue weighted by Crippen LogP contribution is 2.47. The zero-order valence-corrected chi connectivity index (χ0v) is 29.1. The lowest BCUT2D eigenvalue weighted by molar-refractivity contribution is -0.140. The standard InChI is InChI=1S/C35H39F2N5O6S2/c1-34(13-14-34)50(46,47)41-32(45)35-19-21(35)9-5-3-2-4-6-11-27(38-24-16-22(36)15-23(37)17-24)31(44)42-20-25(18-28(42)30(43)40-35)48-33-39-26-10-7-8-12-29(26)49-33/h5,7-10,12,15-17,21,25,27-28,38H,2-4,6,11,13-14,18-20H2,1H3,(H,40,43)(H,41,45)/b9-5-/t21-,25+,27-,28-,35+/m0/s1. The van der Waals surface area contributed by atoms with Crippen LogP contribution < -0.4 is 20.1 Å². The molecule has 1 saturated heterocycles. The molecule has 2 aliphatic heterocycles. The summed E-state index contributed by atoms with van der Waals surface area (Å²) in [6, 6.07) is 8.46. The van der Waals surface area contributed by atoms with Gasteiger partial charge in [0, 0.05) is 24.1 Å². The van der Waals surface area contributed by atoms with Crippen LogP contribution in [0.15, 0.2) is 54.6 Å². The molecule has 7 rings (SSSR count). The zero-order valence-electron chi connectivity index (χ0n) is 27.5. The predicted molar refractivity (Wildman–Crippen MR) is 184 cm³/mol. The van der Waals surface area contributed by atoms with Gasteiger partial charge in [0.15, 0.2) is 0 Å². The summed E-state index contributed by atoms with van der Waals surface area (Å²) in [6.07, 6.45) is 7.46. The van der Waals surface area contributed by atoms with Crippen LogP contribution in [0, 0.1) is 17.6 Å². The van der Waals surface area contributed by atoms with Gasteiger partial charge in [0.1, 0.15) is 35.4 Å². The van der Waals surface area contributed by atoms with Crippen molar-refractivity contribution in [2.45, 2.75) is 93.2 Å². The fraction of sp³-hybridized carbons (Fsp3) is 0.486. The summed E-state index contributed by atoms with van der Waals surface area (Å²) in [5, 5.41) is 6.24. The number of hydrogen-bond donors (Lipinski definition) is 3. The number of anilines is 1. The lowest BCUT2D eigenvalue weighted by atomic mass is 10.0. The van der Waals surface area contributed by atoms with Crippen LogP contribution in [0.25, 0.3) is 10.2 Å². The third-order valence-corrected chi connectivity index (χ3v) is 13.3. The van der Waals surface area contributed by atoms with E-state index in [1.807, 2.05) is 36.4 Å². The van der Waals surface area contributed by atoms with Gasteiger partial charge in [0.05, 0.1) is 21.5 Å². The van der Waals surface area contributed by atoms with Crippen molar-refractivity contribution in [2.75, 3.05) is 11.9 Å². The molecule has 1 aromatic heterocycles. The van der Waals surface area contributed by atoms with Crippen LogP contribution in [0.5, 0.6) is 5.19 Å². The number of aromatic nitrogens is 1. The molecule has 11 nitrogen and oxygen atoms in total. The Morgan fingerprint density at radius 3 is 2.60 bits per heavy atom. The van der Waals surface area contributed by atoms with Crippen molar-refractivity contribution in [3.05, 3.63) is 66.3 Å². The maximum Gasteiger partial charge on any atom is 0.274 e. The number of sulfonamides is 1. The molecule has 0 unspecified atom stereocenters. The van der Waals surface area contributed by atoms with Gasteiger partial charge < -0.3 is 20.3 Å². The topological polar surface area (TPSA) is 147 Å². The first-order valence-corrected chi connectivity index (χ1v) is 19.3. The Balaban J connectivity index is 1.19. The van der Waals surface area contributed by atoms with E-state index in [9.17, 15) is 31.6 Å². The maximum atomic E-state index is 14.4. The van der Waals surface area contributed by atoms with E-state index in [4.69, 9.17) is 4.74 Å². The second-order valence-electron chi connectivity index (χ2n) is 14.0. The smallest absolute Gasteiger partial charge is 0.274 e. The summed E-state index contributed by atoms with van der Waals surface area (Å²) in [6.45, 7) is 1.59. The van der Waals surface area contributed by atoms with Gasteiger partial charge >= 0.3 is 0 Å². The number of nitrogens with zero attached hydrogens (tertiary/aromatic N) is 2. The average molecular weight is 728 g/mol. The first-order valence-electron chi connectivity index (χ1n) is 17.0. The maximum absolute atomic E-state index is 14.4. The summed E-state index contributed by atoms with van der Waals surface area (Å²) < 4.78 is 62.8. The van der Waals surface area contributed by atoms with Crippen LogP contribution in [0.4, 0.5) is 14.5 Å². The Hall–Kier alpha value is -4.11. The minimum Gasteiger partial charge on any atom is -0.465 e. The average Bonchev–Trinajstić information content (AvgIpc) is 3.86. The summed E-state index contributed by atoms with van der Waals surface area (Å²) in [5.74, 6) is -3.92. The van der Waals surface area contributed by atoms with Crippen molar-refractivity contribution < 1.29 is 36.3 Å². The molecule has 4 aliphatic rings. The first kappa shape index (κ1) is 34.3. The van der Waals surface area contributed by atoms with Gasteiger partial charge in [0.25, 0.3) is 11.1 Å². The second-order valence-corrected chi connectivity index (χ2v) is 17.2. The molecular formula is C35H39F2N5O6S2. The van der Waals surface area contributed by atoms with E-state index in [0.717, 1.165) is 41.3 Å². The van der Waals surface area contributed by atoms with E-state index in [1.165, 1.54) is 16.2 Å². The molecule has 3 fully saturated rings. The Labute approximate surface area is 292 Å². The molecule has 0 spiro atoms. The van der Waals surface area contributed by atoms with Crippen molar-refractivity contribution in [2.24, 2.45) is 5.92 Å². The molecule has 2 saturated carbocycles. The van der Waals surface area contributed by atoms with E-state index < -0.39 is 73.8 Å². The van der Waals surface area contributed by atoms with E-state index in [0.29, 0.717) is 37.3 Å². The zero-order chi connectivity index (χ0) is 35.3. The highest BCUT2D eigenvalue weighted by atomic mass is 32.2. The SMILES string of the molecule is CC1(S(=O)(=O)NC(=O)[C@@]23C[C@@H]2/C=C\CCCCC[C@H](Nc2cc(F)cc(F)c2)C(=O)N2C[C@H](Oc4nc5ccccc5s4)C[C@H]2C(=O)N3)CC1. The minimum atomic E-state index is -3.98. The molecule has 5 atom stereocenters. The second kappa shape index (κ2) is 13.2. The largest absolute Gasteiger partial charge is 0.465 e. The third-order valence-electron chi connectivity index (χ3n) is 10.2. The lowest BCUT2D eigenvalue weighted by Crippen LogP contribution is -2.58. The predicted octanol–water partition coefficient (Wildman–Crippen LogP) is 4.80. The van der Waals surface area contributed by atoms with Gasteiger partial charge in [0.2, 0.25) is 21.8 Å². The molecule has 266 valence electrons. The fourth-order valence-corrected chi connectivity index (χ4v) is 9.02. The minimum absolute atomic E-state index is 0.0117. The number of carbonyl (C=O) groups is 3. The number of halogens is 2. The molecule has 3 aromatic rings. The number of para-hydroxylation sites is 1. The van der Waals surface area contributed by atoms with E-state index in [1.54, 1.807) is 6.92 Å². The Bertz CT molecular complexity index is 1910. The van der Waals surface area contributed by atoms with Crippen LogP contribution >= 0.6 is 11.3 Å². The Morgan fingerprint density at radius 2 is 1.86 bits per heavy atom. The molecule has 0 radical (unpaired) electrons. The number of carbonyl (C=O) groups excluding carboxylic acids is 3. The number of rotatable bonds is 7. The molecule has 3 N–H and O–H groups in total. The van der Waals surface area contributed by atoms with Crippen LogP contribution in [-0.2, 0) is 24.4 Å². The number of thiazole rings is 1. The van der Waals surface area contributed by atoms with Gasteiger partial charge in [-0.1, -0.05) is 48.5 Å². The first-order chi connectivity index (χ1) is 23.9. The number of amides is 3. The summed E-state index contributed by atoms with van der Waals surface area (Å²) >= 11 is 1.34. The van der Waals surface area contributed by atoms with Crippen molar-refractivity contribution in [1.29, 1.82) is 0 Å². The number of allylic oxidation sites excluding steroid dienone is 1. The molecule has 3 amide bonds. The summed E-state index contributed by atoms with van der Waals surface area (Å²) in [5.41, 5.74) is -0.675. The molecule has 50 heavy (non-hydrogen) atoms. The molecular weight excluding hydrogens is 689 g/mol. The van der Waals surface area contributed by atoms with Gasteiger partial charge in [-0.3, -0.25) is 19.1 Å². The highest BCUT2D eigenvalue weighted by Gasteiger charge is 2.63. The van der Waals surface area contributed by atoms with Crippen molar-refractivity contribution >= 4 is 55.0 Å². The number of nitrogens with one attached hydrogen (secondary N) is 3. The van der Waals surface area contributed by atoms with E-state index >= 15 is 0 Å². The van der Waals surface area contributed by atoms with Gasteiger partial charge in [-0.2, -0.15) is 0 Å². The molecule has 2 aliphatic carbocycles. The number of ether oxygens (including phenoxy) is 1. The van der Waals surface area contributed by atoms with Crippen LogP contribution in [-0.4, -0.2) is 71.0 Å². The molecule has 3 heterocycles. The molecule has 0 bridgehead atoms. The summed E-state index contributed by atoms with van der Waals surface area (Å²) in [7, 11) is -3.98. The fourth-order valence-electron chi connectivity index (χ4n) is 6.83. The summed E-state index contributed by atoms with van der Waals surface area (Å²) in [4.78, 5) is 48.3. The quantitative estimate of drug-likeness (QED) is 0.295. The van der Waals surface area contributed by atoms with Crippen LogP contribution in [0.3, 0.4) is 0 Å². The normalized spacial score (nSPS) is 28.7. The monoisotopic (exact) mass is 727 g/mol. The molecule has 2 aromatic carbocycles. The van der Waals surface area contributed by atoms with Crippen LogP contribution in [0.2, 0.25) is 0 Å². The van der Waals surface area contributed by atoms with Crippen molar-refractivity contribution in [3.63, 3.8) is 0 Å². The Morgan fingerprint density at radius 1 is 1.10 bits per heavy atom. The lowest BCUT2D eigenvalue weighted by Gasteiger charge is -2.30. The Kier molecular flexibility index (Phi) is 9.08. The molecule has 15 heteroatoms. The third kappa shape index (κ3) is 6.94. The van der Waals surface area contributed by atoms with Gasteiger partial charge in [-0.25, -0.2) is 22.2 Å².